The van der Waals surface area contributed by atoms with Gasteiger partial charge < -0.3 is 19.9 Å². The SMILES string of the molecule is CNC(=O)C(CCC=O)N1C(=O)c2ccc(N3CCN(CC4CCN(c5ccc(C=O)cc5F)CC4)CC3)cc2C1=O. The number of fused-ring (bicyclic) bond motifs is 1. The van der Waals surface area contributed by atoms with Gasteiger partial charge in [-0.25, -0.2) is 4.39 Å². The van der Waals surface area contributed by atoms with Crippen molar-refractivity contribution in [2.45, 2.75) is 31.7 Å². The molecule has 222 valence electrons. The number of likely N-dealkylation sites (N-methyl/N-ethyl adjacent to an activating group) is 1. The average molecular weight is 578 g/mol. The number of hydrogen-bond donors (Lipinski definition) is 1. The molecule has 1 N–H and O–H groups in total. The van der Waals surface area contributed by atoms with Gasteiger partial charge in [-0.3, -0.25) is 29.0 Å². The number of carbonyl (C=O) groups excluding carboxylic acids is 5. The first-order valence-electron chi connectivity index (χ1n) is 14.5. The lowest BCUT2D eigenvalue weighted by atomic mass is 9.95. The number of amides is 3. The predicted octanol–water partition coefficient (Wildman–Crippen LogP) is 2.37. The fourth-order valence-electron chi connectivity index (χ4n) is 6.26. The summed E-state index contributed by atoms with van der Waals surface area (Å²) in [5.41, 5.74) is 2.30. The number of nitrogens with zero attached hydrogens (tertiary/aromatic N) is 4. The number of nitrogens with one attached hydrogen (secondary N) is 1. The van der Waals surface area contributed by atoms with Crippen LogP contribution in [0.2, 0.25) is 0 Å². The van der Waals surface area contributed by atoms with Crippen molar-refractivity contribution in [3.63, 3.8) is 0 Å². The summed E-state index contributed by atoms with van der Waals surface area (Å²) in [6.45, 7) is 5.80. The van der Waals surface area contributed by atoms with E-state index in [0.717, 1.165) is 69.2 Å². The second kappa shape index (κ2) is 12.8. The van der Waals surface area contributed by atoms with Crippen LogP contribution in [0.5, 0.6) is 0 Å². The fraction of sp³-hybridized carbons (Fsp3) is 0.452. The molecule has 2 fully saturated rings. The van der Waals surface area contributed by atoms with E-state index in [-0.39, 0.29) is 29.8 Å². The number of halogens is 1. The first kappa shape index (κ1) is 29.4. The molecule has 0 aliphatic carbocycles. The van der Waals surface area contributed by atoms with Gasteiger partial charge in [0.15, 0.2) is 0 Å². The molecule has 11 heteroatoms. The van der Waals surface area contributed by atoms with Crippen molar-refractivity contribution in [2.75, 3.05) is 62.7 Å². The minimum atomic E-state index is -1.03. The summed E-state index contributed by atoms with van der Waals surface area (Å²) in [6, 6.07) is 8.83. The molecule has 5 rings (SSSR count). The number of anilines is 2. The highest BCUT2D eigenvalue weighted by Gasteiger charge is 2.42. The Bertz CT molecular complexity index is 1370. The third kappa shape index (κ3) is 5.92. The Hall–Kier alpha value is -4.12. The van der Waals surface area contributed by atoms with Gasteiger partial charge in [0.2, 0.25) is 5.91 Å². The maximum Gasteiger partial charge on any atom is 0.262 e. The highest BCUT2D eigenvalue weighted by Crippen LogP contribution is 2.31. The molecule has 10 nitrogen and oxygen atoms in total. The van der Waals surface area contributed by atoms with Crippen molar-refractivity contribution in [1.29, 1.82) is 0 Å². The summed E-state index contributed by atoms with van der Waals surface area (Å²) in [6.07, 6.45) is 3.41. The molecule has 2 aromatic rings. The molecule has 3 aliphatic rings. The van der Waals surface area contributed by atoms with Gasteiger partial charge in [-0.05, 0) is 61.6 Å². The minimum Gasteiger partial charge on any atom is -0.369 e. The lowest BCUT2D eigenvalue weighted by Crippen LogP contribution is -2.49. The first-order valence-corrected chi connectivity index (χ1v) is 14.5. The van der Waals surface area contributed by atoms with Crippen molar-refractivity contribution in [2.24, 2.45) is 5.92 Å². The number of carbonyl (C=O) groups is 5. The first-order chi connectivity index (χ1) is 20.3. The number of aldehydes is 2. The van der Waals surface area contributed by atoms with E-state index in [4.69, 9.17) is 0 Å². The Morgan fingerprint density at radius 3 is 2.31 bits per heavy atom. The number of hydrogen-bond acceptors (Lipinski definition) is 8. The van der Waals surface area contributed by atoms with Crippen molar-refractivity contribution < 1.29 is 28.4 Å². The van der Waals surface area contributed by atoms with E-state index in [0.29, 0.717) is 29.7 Å². The average Bonchev–Trinajstić information content (AvgIpc) is 3.26. The summed E-state index contributed by atoms with van der Waals surface area (Å²) in [5, 5.41) is 2.49. The van der Waals surface area contributed by atoms with Crippen LogP contribution in [0.3, 0.4) is 0 Å². The summed E-state index contributed by atoms with van der Waals surface area (Å²) >= 11 is 0. The molecule has 0 radical (unpaired) electrons. The molecule has 3 heterocycles. The van der Waals surface area contributed by atoms with Gasteiger partial charge in [0, 0.05) is 70.5 Å². The zero-order chi connectivity index (χ0) is 29.8. The molecule has 0 saturated carbocycles. The van der Waals surface area contributed by atoms with E-state index in [1.165, 1.54) is 13.1 Å². The van der Waals surface area contributed by atoms with Crippen molar-refractivity contribution >= 4 is 41.7 Å². The van der Waals surface area contributed by atoms with E-state index in [1.54, 1.807) is 24.3 Å². The lowest BCUT2D eigenvalue weighted by Gasteiger charge is -2.40. The van der Waals surface area contributed by atoms with Gasteiger partial charge in [0.25, 0.3) is 11.8 Å². The van der Waals surface area contributed by atoms with E-state index in [1.807, 2.05) is 6.07 Å². The van der Waals surface area contributed by atoms with Gasteiger partial charge in [-0.15, -0.1) is 0 Å². The van der Waals surface area contributed by atoms with E-state index >= 15 is 0 Å². The minimum absolute atomic E-state index is 0.0644. The van der Waals surface area contributed by atoms with Crippen molar-refractivity contribution in [3.8, 4) is 0 Å². The molecular weight excluding hydrogens is 541 g/mol. The topological polar surface area (TPSA) is 110 Å². The molecule has 3 aliphatic heterocycles. The standard InChI is InChI=1S/C31H36FN5O5/c1-33-29(40)28(3-2-16-38)37-30(41)24-6-5-23(18-25(24)31(37)42)35-14-12-34(13-15-35)19-21-8-10-36(11-9-21)27-7-4-22(20-39)17-26(27)32/h4-7,16-18,20-21,28H,2-3,8-15,19H2,1H3,(H,33,40). The molecule has 1 atom stereocenters. The summed E-state index contributed by atoms with van der Waals surface area (Å²) in [4.78, 5) is 68.3. The summed E-state index contributed by atoms with van der Waals surface area (Å²) < 4.78 is 14.4. The van der Waals surface area contributed by atoms with Crippen LogP contribution < -0.4 is 15.1 Å². The van der Waals surface area contributed by atoms with E-state index in [2.05, 4.69) is 20.0 Å². The highest BCUT2D eigenvalue weighted by atomic mass is 19.1. The quantitative estimate of drug-likeness (QED) is 0.339. The smallest absolute Gasteiger partial charge is 0.262 e. The molecule has 0 bridgehead atoms. The maximum absolute atomic E-state index is 14.4. The molecule has 42 heavy (non-hydrogen) atoms. The number of piperidine rings is 1. The number of piperazine rings is 1. The third-order valence-corrected chi connectivity index (χ3v) is 8.64. The fourth-order valence-corrected chi connectivity index (χ4v) is 6.26. The molecule has 0 spiro atoms. The van der Waals surface area contributed by atoms with Gasteiger partial charge in [0.05, 0.1) is 16.8 Å². The van der Waals surface area contributed by atoms with E-state index < -0.39 is 23.8 Å². The van der Waals surface area contributed by atoms with Crippen LogP contribution in [0.15, 0.2) is 36.4 Å². The van der Waals surface area contributed by atoms with Crippen LogP contribution in [0, 0.1) is 11.7 Å². The second-order valence-corrected chi connectivity index (χ2v) is 11.1. The van der Waals surface area contributed by atoms with Crippen LogP contribution in [-0.4, -0.2) is 99.0 Å². The maximum atomic E-state index is 14.4. The molecular formula is C31H36FN5O5. The monoisotopic (exact) mass is 577 g/mol. The zero-order valence-corrected chi connectivity index (χ0v) is 23.8. The highest BCUT2D eigenvalue weighted by molar-refractivity contribution is 6.23. The lowest BCUT2D eigenvalue weighted by molar-refractivity contribution is -0.124. The van der Waals surface area contributed by atoms with Crippen molar-refractivity contribution in [1.82, 2.24) is 15.1 Å². The number of rotatable bonds is 10. The second-order valence-electron chi connectivity index (χ2n) is 11.1. The number of benzene rings is 2. The molecule has 2 aromatic carbocycles. The number of imide groups is 1. The van der Waals surface area contributed by atoms with Crippen LogP contribution in [0.25, 0.3) is 0 Å². The Morgan fingerprint density at radius 2 is 1.67 bits per heavy atom. The normalized spacial score (nSPS) is 18.7. The summed E-state index contributed by atoms with van der Waals surface area (Å²) in [5.74, 6) is -1.34. The van der Waals surface area contributed by atoms with Gasteiger partial charge in [-0.2, -0.15) is 0 Å². The molecule has 3 amide bonds. The van der Waals surface area contributed by atoms with Crippen LogP contribution in [0.1, 0.15) is 56.8 Å². The zero-order valence-electron chi connectivity index (χ0n) is 23.8. The van der Waals surface area contributed by atoms with Gasteiger partial charge >= 0.3 is 0 Å². The largest absolute Gasteiger partial charge is 0.369 e. The van der Waals surface area contributed by atoms with Crippen LogP contribution >= 0.6 is 0 Å². The predicted molar refractivity (Wildman–Crippen MR) is 155 cm³/mol. The van der Waals surface area contributed by atoms with Crippen molar-refractivity contribution in [3.05, 3.63) is 58.9 Å². The Kier molecular flexibility index (Phi) is 8.96. The van der Waals surface area contributed by atoms with Crippen LogP contribution in [-0.2, 0) is 9.59 Å². The van der Waals surface area contributed by atoms with Gasteiger partial charge in [0.1, 0.15) is 24.4 Å². The Balaban J connectivity index is 1.15. The molecule has 0 aromatic heterocycles. The Morgan fingerprint density at radius 1 is 0.952 bits per heavy atom. The molecule has 1 unspecified atom stereocenters. The Labute approximate surface area is 244 Å². The van der Waals surface area contributed by atoms with E-state index in [9.17, 15) is 28.4 Å². The van der Waals surface area contributed by atoms with Gasteiger partial charge in [-0.1, -0.05) is 0 Å². The van der Waals surface area contributed by atoms with Crippen LogP contribution in [0.4, 0.5) is 15.8 Å². The summed E-state index contributed by atoms with van der Waals surface area (Å²) in [7, 11) is 1.44. The third-order valence-electron chi connectivity index (χ3n) is 8.64. The molecule has 2 saturated heterocycles.